The predicted molar refractivity (Wildman–Crippen MR) is 73.3 cm³/mol. The molecule has 0 bridgehead atoms. The summed E-state index contributed by atoms with van der Waals surface area (Å²) in [6.07, 6.45) is 1.37. The molecule has 2 heterocycles. The van der Waals surface area contributed by atoms with Crippen LogP contribution in [0.4, 0.5) is 5.82 Å². The smallest absolute Gasteiger partial charge is 0.255 e. The van der Waals surface area contributed by atoms with Gasteiger partial charge < -0.3 is 5.32 Å². The largest absolute Gasteiger partial charge is 0.369 e. The molecule has 2 aromatic heterocycles. The van der Waals surface area contributed by atoms with Crippen LogP contribution >= 0.6 is 11.6 Å². The van der Waals surface area contributed by atoms with Gasteiger partial charge in [0.15, 0.2) is 9.84 Å². The van der Waals surface area contributed by atoms with E-state index in [1.807, 2.05) is 0 Å². The van der Waals surface area contributed by atoms with Crippen molar-refractivity contribution in [3.8, 4) is 0 Å². The number of nitrogens with one attached hydrogen (secondary N) is 1. The lowest BCUT2D eigenvalue weighted by molar-refractivity contribution is 0.597. The maximum atomic E-state index is 11.4. The van der Waals surface area contributed by atoms with E-state index >= 15 is 0 Å². The second-order valence-corrected chi connectivity index (χ2v) is 6.84. The average Bonchev–Trinajstić information content (AvgIpc) is 2.81. The molecule has 0 aliphatic rings. The minimum atomic E-state index is -3.01. The van der Waals surface area contributed by atoms with Gasteiger partial charge in [0.2, 0.25) is 0 Å². The van der Waals surface area contributed by atoms with Crippen LogP contribution in [0.2, 0.25) is 5.15 Å². The number of nitrogens with zero attached hydrogens (tertiary/aromatic N) is 4. The highest BCUT2D eigenvalue weighted by Gasteiger charge is 2.13. The summed E-state index contributed by atoms with van der Waals surface area (Å²) in [5, 5.41) is 7.38. The third-order valence-electron chi connectivity index (χ3n) is 2.75. The van der Waals surface area contributed by atoms with E-state index in [1.165, 1.54) is 10.8 Å². The highest BCUT2D eigenvalue weighted by molar-refractivity contribution is 7.91. The molecule has 1 N–H and O–H groups in total. The van der Waals surface area contributed by atoms with Crippen LogP contribution in [0, 0.1) is 6.92 Å². The molecule has 0 atom stereocenters. The zero-order valence-corrected chi connectivity index (χ0v) is 12.2. The normalized spacial score (nSPS) is 11.9. The molecule has 0 spiro atoms. The van der Waals surface area contributed by atoms with E-state index in [-0.39, 0.29) is 18.1 Å². The van der Waals surface area contributed by atoms with Crippen molar-refractivity contribution in [3.63, 3.8) is 0 Å². The minimum absolute atomic E-state index is 0.0546. The summed E-state index contributed by atoms with van der Waals surface area (Å²) in [4.78, 5) is 8.02. The summed E-state index contributed by atoms with van der Waals surface area (Å²) < 4.78 is 24.4. The fourth-order valence-electron chi connectivity index (χ4n) is 1.57. The van der Waals surface area contributed by atoms with E-state index in [9.17, 15) is 8.42 Å². The first-order chi connectivity index (χ1) is 8.94. The Morgan fingerprint density at radius 2 is 2.21 bits per heavy atom. The van der Waals surface area contributed by atoms with Gasteiger partial charge in [-0.2, -0.15) is 19.6 Å². The van der Waals surface area contributed by atoms with Gasteiger partial charge in [-0.3, -0.25) is 0 Å². The number of anilines is 1. The van der Waals surface area contributed by atoms with Gasteiger partial charge in [0.1, 0.15) is 17.3 Å². The lowest BCUT2D eigenvalue weighted by Crippen LogP contribution is -2.19. The van der Waals surface area contributed by atoms with Crippen molar-refractivity contribution in [2.75, 3.05) is 23.4 Å². The van der Waals surface area contributed by atoms with Crippen LogP contribution in [0.25, 0.3) is 5.78 Å². The molecule has 2 aromatic rings. The van der Waals surface area contributed by atoms with E-state index in [2.05, 4.69) is 20.4 Å². The number of aromatic nitrogens is 4. The highest BCUT2D eigenvalue weighted by Crippen LogP contribution is 2.21. The fraction of sp³-hybridized carbons (Fsp3) is 0.500. The number of fused-ring (bicyclic) bond motifs is 1. The summed E-state index contributed by atoms with van der Waals surface area (Å²) >= 11 is 6.00. The topological polar surface area (TPSA) is 89.2 Å². The number of hydrogen-bond donors (Lipinski definition) is 1. The van der Waals surface area contributed by atoms with Crippen molar-refractivity contribution >= 4 is 33.0 Å². The Kier molecular flexibility index (Phi) is 3.91. The van der Waals surface area contributed by atoms with Crippen LogP contribution in [-0.2, 0) is 9.84 Å². The zero-order chi connectivity index (χ0) is 14.0. The summed E-state index contributed by atoms with van der Waals surface area (Å²) in [6, 6.07) is 0. The first kappa shape index (κ1) is 14.0. The van der Waals surface area contributed by atoms with Gasteiger partial charge in [-0.25, -0.2) is 8.42 Å². The maximum absolute atomic E-state index is 11.4. The second-order valence-electron chi connectivity index (χ2n) is 4.01. The molecule has 0 amide bonds. The number of hydrogen-bond acceptors (Lipinski definition) is 6. The quantitative estimate of drug-likeness (QED) is 0.827. The molecule has 2 rings (SSSR count). The number of halogens is 1. The van der Waals surface area contributed by atoms with Crippen LogP contribution in [0.1, 0.15) is 12.5 Å². The molecule has 0 radical (unpaired) electrons. The highest BCUT2D eigenvalue weighted by atomic mass is 35.5. The van der Waals surface area contributed by atoms with Crippen molar-refractivity contribution < 1.29 is 8.42 Å². The van der Waals surface area contributed by atoms with Crippen LogP contribution < -0.4 is 5.32 Å². The standard InChI is InChI=1S/C10H14ClN5O2S/c1-3-19(17,18)5-4-12-9-7(2)8(11)15-10-13-6-14-16(9)10/h6,12H,3-5H2,1-2H3. The number of sulfone groups is 1. The van der Waals surface area contributed by atoms with Gasteiger partial charge in [-0.1, -0.05) is 18.5 Å². The Morgan fingerprint density at radius 1 is 1.47 bits per heavy atom. The SMILES string of the molecule is CCS(=O)(=O)CCNc1c(C)c(Cl)nc2ncnn12. The molecule has 9 heteroatoms. The number of rotatable bonds is 5. The average molecular weight is 304 g/mol. The van der Waals surface area contributed by atoms with Crippen LogP contribution in [0.3, 0.4) is 0 Å². The Balaban J connectivity index is 2.25. The molecule has 19 heavy (non-hydrogen) atoms. The molecule has 7 nitrogen and oxygen atoms in total. The van der Waals surface area contributed by atoms with Crippen molar-refractivity contribution in [1.29, 1.82) is 0 Å². The van der Waals surface area contributed by atoms with E-state index in [4.69, 9.17) is 11.6 Å². The van der Waals surface area contributed by atoms with Gasteiger partial charge in [0, 0.05) is 17.9 Å². The molecule has 0 aromatic carbocycles. The molecule has 104 valence electrons. The van der Waals surface area contributed by atoms with E-state index < -0.39 is 9.84 Å². The maximum Gasteiger partial charge on any atom is 0.255 e. The van der Waals surface area contributed by atoms with Crippen LogP contribution in [0.5, 0.6) is 0 Å². The van der Waals surface area contributed by atoms with Gasteiger partial charge in [-0.15, -0.1) is 0 Å². The van der Waals surface area contributed by atoms with Crippen LogP contribution in [-0.4, -0.2) is 46.1 Å². The van der Waals surface area contributed by atoms with E-state index in [0.29, 0.717) is 22.3 Å². The van der Waals surface area contributed by atoms with Crippen molar-refractivity contribution in [1.82, 2.24) is 19.6 Å². The lowest BCUT2D eigenvalue weighted by atomic mass is 10.3. The summed E-state index contributed by atoms with van der Waals surface area (Å²) in [6.45, 7) is 3.69. The molecule has 0 saturated heterocycles. The first-order valence-electron chi connectivity index (χ1n) is 5.74. The van der Waals surface area contributed by atoms with Crippen molar-refractivity contribution in [2.24, 2.45) is 0 Å². The Morgan fingerprint density at radius 3 is 2.89 bits per heavy atom. The summed E-state index contributed by atoms with van der Waals surface area (Å²) in [7, 11) is -3.01. The lowest BCUT2D eigenvalue weighted by Gasteiger charge is -2.11. The van der Waals surface area contributed by atoms with E-state index in [0.717, 1.165) is 0 Å². The molecule has 0 saturated carbocycles. The Hall–Kier alpha value is -1.41. The minimum Gasteiger partial charge on any atom is -0.369 e. The van der Waals surface area contributed by atoms with Gasteiger partial charge in [0.05, 0.1) is 5.75 Å². The molecular formula is C10H14ClN5O2S. The van der Waals surface area contributed by atoms with Crippen molar-refractivity contribution in [2.45, 2.75) is 13.8 Å². The first-order valence-corrected chi connectivity index (χ1v) is 7.94. The molecule has 0 aliphatic carbocycles. The van der Waals surface area contributed by atoms with Gasteiger partial charge >= 0.3 is 0 Å². The predicted octanol–water partition coefficient (Wildman–Crippen LogP) is 0.933. The summed E-state index contributed by atoms with van der Waals surface area (Å²) in [5.74, 6) is 1.16. The Bertz CT molecular complexity index is 697. The molecular weight excluding hydrogens is 290 g/mol. The molecule has 0 aliphatic heterocycles. The van der Waals surface area contributed by atoms with Gasteiger partial charge in [-0.05, 0) is 6.92 Å². The van der Waals surface area contributed by atoms with Crippen molar-refractivity contribution in [3.05, 3.63) is 17.0 Å². The van der Waals surface area contributed by atoms with E-state index in [1.54, 1.807) is 13.8 Å². The second kappa shape index (κ2) is 5.30. The summed E-state index contributed by atoms with van der Waals surface area (Å²) in [5.41, 5.74) is 0.702. The molecule has 0 fully saturated rings. The van der Waals surface area contributed by atoms with Gasteiger partial charge in [0.25, 0.3) is 5.78 Å². The van der Waals surface area contributed by atoms with Crippen LogP contribution in [0.15, 0.2) is 6.33 Å². The Labute approximate surface area is 115 Å². The third-order valence-corrected chi connectivity index (χ3v) is 4.82. The molecule has 0 unspecified atom stereocenters. The zero-order valence-electron chi connectivity index (χ0n) is 10.6. The fourth-order valence-corrected chi connectivity index (χ4v) is 2.44. The third kappa shape index (κ3) is 2.95. The monoisotopic (exact) mass is 303 g/mol.